The molecule has 0 N–H and O–H groups in total. The molecule has 0 spiro atoms. The second-order valence-corrected chi connectivity index (χ2v) is 4.76. The van der Waals surface area contributed by atoms with Crippen LogP contribution in [0.3, 0.4) is 0 Å². The molecule has 0 aromatic heterocycles. The van der Waals surface area contributed by atoms with Gasteiger partial charge in [-0.3, -0.25) is 4.21 Å². The third-order valence-corrected chi connectivity index (χ3v) is 3.91. The number of carbonyl (C=O) groups excluding carboxylic acids is 1. The fourth-order valence-corrected chi connectivity index (χ4v) is 2.35. The molecule has 0 fully saturated rings. The minimum absolute atomic E-state index is 0. The number of esters is 1. The zero-order chi connectivity index (χ0) is 12.3. The van der Waals surface area contributed by atoms with Crippen LogP contribution in [0.15, 0.2) is 21.5 Å². The van der Waals surface area contributed by atoms with Crippen LogP contribution in [0.25, 0.3) is 0 Å². The fourth-order valence-electron chi connectivity index (χ4n) is 1.19. The van der Waals surface area contributed by atoms with Crippen LogP contribution in [-0.4, -0.2) is 21.3 Å². The Balaban J connectivity index is 0.00000256. The van der Waals surface area contributed by atoms with Gasteiger partial charge in [0.2, 0.25) is 0 Å². The van der Waals surface area contributed by atoms with Crippen molar-refractivity contribution in [1.29, 1.82) is 0 Å². The molecule has 1 aromatic carbocycles. The summed E-state index contributed by atoms with van der Waals surface area (Å²) >= 11 is 0.772. The summed E-state index contributed by atoms with van der Waals surface area (Å²) in [6, 6.07) is 2.87. The van der Waals surface area contributed by atoms with Crippen molar-refractivity contribution in [2.24, 2.45) is 0 Å². The van der Waals surface area contributed by atoms with Crippen molar-refractivity contribution >= 4 is 33.0 Å². The minimum atomic E-state index is -2.39. The van der Waals surface area contributed by atoms with Crippen molar-refractivity contribution in [3.8, 4) is 0 Å². The maximum atomic E-state index is 11.4. The Morgan fingerprint density at radius 1 is 1.53 bits per heavy atom. The van der Waals surface area contributed by atoms with Gasteiger partial charge in [-0.05, 0) is 58.6 Å². The van der Waals surface area contributed by atoms with Gasteiger partial charge in [-0.1, -0.05) is 0 Å². The number of aryl methyl sites for hydroxylation is 1. The van der Waals surface area contributed by atoms with E-state index in [0.717, 1.165) is 0 Å². The normalized spacial score (nSPS) is 11.5. The zero-order valence-corrected chi connectivity index (χ0v) is 14.2. The first-order chi connectivity index (χ1) is 7.47. The largest absolute Gasteiger partial charge is 1.00 e. The molecular formula is C10H10BrNaO4S. The summed E-state index contributed by atoms with van der Waals surface area (Å²) < 4.78 is 27.1. The van der Waals surface area contributed by atoms with E-state index in [-0.39, 0.29) is 46.6 Å². The van der Waals surface area contributed by atoms with E-state index in [1.807, 2.05) is 0 Å². The van der Waals surface area contributed by atoms with E-state index >= 15 is 0 Å². The molecule has 0 saturated carbocycles. The van der Waals surface area contributed by atoms with Gasteiger partial charge in [0, 0.05) is 9.37 Å². The van der Waals surface area contributed by atoms with Crippen molar-refractivity contribution in [1.82, 2.24) is 0 Å². The predicted octanol–water partition coefficient (Wildman–Crippen LogP) is -0.824. The summed E-state index contributed by atoms with van der Waals surface area (Å²) in [4.78, 5) is 11.5. The number of carbonyl (C=O) groups is 1. The summed E-state index contributed by atoms with van der Waals surface area (Å²) in [6.45, 7) is 3.66. The first kappa shape index (κ1) is 17.3. The SMILES string of the molecule is CCOC(=O)c1cc(C)c(Br)c(S(=O)[O-])c1.[Na+]. The summed E-state index contributed by atoms with van der Waals surface area (Å²) in [5.41, 5.74) is 0.909. The molecule has 0 aliphatic carbocycles. The molecule has 7 heteroatoms. The van der Waals surface area contributed by atoms with E-state index in [1.54, 1.807) is 19.9 Å². The average molecular weight is 329 g/mol. The molecule has 4 nitrogen and oxygen atoms in total. The minimum Gasteiger partial charge on any atom is -0.768 e. The number of benzene rings is 1. The Morgan fingerprint density at radius 3 is 2.59 bits per heavy atom. The maximum Gasteiger partial charge on any atom is 1.00 e. The molecular weight excluding hydrogens is 319 g/mol. The van der Waals surface area contributed by atoms with Crippen molar-refractivity contribution in [3.05, 3.63) is 27.7 Å². The van der Waals surface area contributed by atoms with Crippen LogP contribution in [-0.2, 0) is 15.8 Å². The predicted molar refractivity (Wildman–Crippen MR) is 62.0 cm³/mol. The Kier molecular flexibility index (Phi) is 7.78. The standard InChI is InChI=1S/C10H11BrO4S.Na/c1-3-15-10(12)7-4-6(2)9(11)8(5-7)16(13)14;/h4-5H,3H2,1-2H3,(H,13,14);/q;+1/p-1. The molecule has 0 aliphatic rings. The van der Waals surface area contributed by atoms with Gasteiger partial charge in [0.25, 0.3) is 0 Å². The van der Waals surface area contributed by atoms with Gasteiger partial charge in [0.15, 0.2) is 0 Å². The smallest absolute Gasteiger partial charge is 0.768 e. The van der Waals surface area contributed by atoms with E-state index in [2.05, 4.69) is 15.9 Å². The van der Waals surface area contributed by atoms with Gasteiger partial charge in [-0.25, -0.2) is 4.79 Å². The molecule has 1 aromatic rings. The van der Waals surface area contributed by atoms with Gasteiger partial charge in [0.1, 0.15) is 0 Å². The molecule has 1 unspecified atom stereocenters. The Hall–Kier alpha value is 0.280. The van der Waals surface area contributed by atoms with E-state index in [1.165, 1.54) is 6.07 Å². The van der Waals surface area contributed by atoms with Crippen molar-refractivity contribution in [3.63, 3.8) is 0 Å². The quantitative estimate of drug-likeness (QED) is 0.413. The number of rotatable bonds is 3. The first-order valence-corrected chi connectivity index (χ1v) is 6.40. The molecule has 0 amide bonds. The average Bonchev–Trinajstić information content (AvgIpc) is 2.21. The summed E-state index contributed by atoms with van der Waals surface area (Å²) in [5.74, 6) is -0.523. The monoisotopic (exact) mass is 328 g/mol. The summed E-state index contributed by atoms with van der Waals surface area (Å²) in [5, 5.41) is 0. The topological polar surface area (TPSA) is 66.4 Å². The second-order valence-electron chi connectivity index (χ2n) is 3.06. The third-order valence-electron chi connectivity index (χ3n) is 1.91. The number of hydrogen-bond acceptors (Lipinski definition) is 4. The molecule has 0 saturated heterocycles. The summed E-state index contributed by atoms with van der Waals surface area (Å²) in [7, 11) is 0. The number of halogens is 1. The van der Waals surface area contributed by atoms with Gasteiger partial charge < -0.3 is 9.29 Å². The third kappa shape index (κ3) is 4.46. The molecule has 0 bridgehead atoms. The van der Waals surface area contributed by atoms with Gasteiger partial charge in [-0.2, -0.15) is 0 Å². The molecule has 0 aliphatic heterocycles. The van der Waals surface area contributed by atoms with Crippen molar-refractivity contribution in [2.45, 2.75) is 18.7 Å². The maximum absolute atomic E-state index is 11.4. The van der Waals surface area contributed by atoms with Crippen molar-refractivity contribution < 1.29 is 47.9 Å². The molecule has 0 heterocycles. The van der Waals surface area contributed by atoms with Crippen LogP contribution in [0.1, 0.15) is 22.8 Å². The van der Waals surface area contributed by atoms with E-state index in [9.17, 15) is 13.6 Å². The Morgan fingerprint density at radius 2 is 2.12 bits per heavy atom. The molecule has 0 radical (unpaired) electrons. The zero-order valence-electron chi connectivity index (χ0n) is 9.78. The Bertz CT molecular complexity index is 450. The molecule has 1 atom stereocenters. The van der Waals surface area contributed by atoms with Gasteiger partial charge >= 0.3 is 35.5 Å². The van der Waals surface area contributed by atoms with Crippen LogP contribution in [0, 0.1) is 6.92 Å². The Labute approximate surface area is 133 Å². The van der Waals surface area contributed by atoms with Gasteiger partial charge in [0.05, 0.1) is 12.2 Å². The van der Waals surface area contributed by atoms with Crippen LogP contribution < -0.4 is 29.6 Å². The van der Waals surface area contributed by atoms with Crippen LogP contribution in [0.5, 0.6) is 0 Å². The van der Waals surface area contributed by atoms with E-state index in [4.69, 9.17) is 4.74 Å². The van der Waals surface area contributed by atoms with Crippen LogP contribution in [0.2, 0.25) is 0 Å². The summed E-state index contributed by atoms with van der Waals surface area (Å²) in [6.07, 6.45) is 0. The fraction of sp³-hybridized carbons (Fsp3) is 0.300. The molecule has 1 rings (SSSR count). The number of hydrogen-bond donors (Lipinski definition) is 0. The van der Waals surface area contributed by atoms with Crippen LogP contribution in [0.4, 0.5) is 0 Å². The van der Waals surface area contributed by atoms with Crippen molar-refractivity contribution in [2.75, 3.05) is 6.61 Å². The second kappa shape index (κ2) is 7.66. The van der Waals surface area contributed by atoms with E-state index < -0.39 is 17.0 Å². The number of ether oxygens (including phenoxy) is 1. The van der Waals surface area contributed by atoms with E-state index in [0.29, 0.717) is 10.0 Å². The van der Waals surface area contributed by atoms with Gasteiger partial charge in [-0.15, -0.1) is 0 Å². The first-order valence-electron chi connectivity index (χ1n) is 4.54. The molecule has 17 heavy (non-hydrogen) atoms. The van der Waals surface area contributed by atoms with Crippen LogP contribution >= 0.6 is 15.9 Å². The molecule has 88 valence electrons.